The van der Waals surface area contributed by atoms with E-state index in [9.17, 15) is 19.5 Å². The van der Waals surface area contributed by atoms with Crippen LogP contribution in [0.1, 0.15) is 53.9 Å². The molecule has 1 saturated heterocycles. The van der Waals surface area contributed by atoms with Crippen molar-refractivity contribution in [2.45, 2.75) is 72.0 Å². The Balaban J connectivity index is 3.00. The Kier molecular flexibility index (Phi) is 7.62. The zero-order valence-electron chi connectivity index (χ0n) is 17.2. The summed E-state index contributed by atoms with van der Waals surface area (Å²) < 4.78 is 0. The van der Waals surface area contributed by atoms with Gasteiger partial charge in [-0.25, -0.2) is 4.79 Å². The molecule has 0 aromatic rings. The highest BCUT2D eigenvalue weighted by molar-refractivity contribution is 5.92. The highest BCUT2D eigenvalue weighted by Crippen LogP contribution is 2.24. The van der Waals surface area contributed by atoms with Gasteiger partial charge in [0, 0.05) is 7.05 Å². The van der Waals surface area contributed by atoms with Crippen molar-refractivity contribution in [2.24, 2.45) is 11.3 Å². The maximum Gasteiger partial charge on any atom is 0.326 e. The van der Waals surface area contributed by atoms with E-state index >= 15 is 0 Å². The summed E-state index contributed by atoms with van der Waals surface area (Å²) >= 11 is 0. The SMILES string of the molecule is CC(C)[C@@H](C(=O)O)N(C)C(=O)C(NC(=O)[C@H]1CCCCN1C)C(C)(C)C. The lowest BCUT2D eigenvalue weighted by Crippen LogP contribution is -2.60. The van der Waals surface area contributed by atoms with Gasteiger partial charge in [0.2, 0.25) is 11.8 Å². The molecule has 0 spiro atoms. The number of nitrogens with one attached hydrogen (secondary N) is 1. The molecule has 0 aliphatic carbocycles. The van der Waals surface area contributed by atoms with E-state index in [1.54, 1.807) is 13.8 Å². The van der Waals surface area contributed by atoms with Crippen molar-refractivity contribution in [3.8, 4) is 0 Å². The highest BCUT2D eigenvalue weighted by atomic mass is 16.4. The van der Waals surface area contributed by atoms with Crippen LogP contribution >= 0.6 is 0 Å². The molecule has 1 unspecified atom stereocenters. The van der Waals surface area contributed by atoms with Gasteiger partial charge in [-0.3, -0.25) is 14.5 Å². The van der Waals surface area contributed by atoms with E-state index in [1.807, 2.05) is 32.7 Å². The van der Waals surface area contributed by atoms with Gasteiger partial charge in [-0.2, -0.15) is 0 Å². The molecule has 1 aliphatic rings. The zero-order chi connectivity index (χ0) is 20.2. The van der Waals surface area contributed by atoms with Crippen LogP contribution in [0.4, 0.5) is 0 Å². The monoisotopic (exact) mass is 369 g/mol. The first kappa shape index (κ1) is 22.4. The topological polar surface area (TPSA) is 90.0 Å². The minimum absolute atomic E-state index is 0.162. The first-order valence-electron chi connectivity index (χ1n) is 9.38. The van der Waals surface area contributed by atoms with Crippen molar-refractivity contribution in [1.82, 2.24) is 15.1 Å². The molecule has 1 fully saturated rings. The molecule has 7 nitrogen and oxygen atoms in total. The van der Waals surface area contributed by atoms with E-state index in [4.69, 9.17) is 0 Å². The van der Waals surface area contributed by atoms with Gasteiger partial charge in [0.25, 0.3) is 0 Å². The fraction of sp³-hybridized carbons (Fsp3) is 0.842. The van der Waals surface area contributed by atoms with E-state index in [-0.39, 0.29) is 23.8 Å². The summed E-state index contributed by atoms with van der Waals surface area (Å²) in [5, 5.41) is 12.4. The number of likely N-dealkylation sites (N-methyl/N-ethyl adjacent to an activating group) is 2. The molecule has 7 heteroatoms. The Morgan fingerprint density at radius 3 is 2.19 bits per heavy atom. The number of likely N-dealkylation sites (tertiary alicyclic amines) is 1. The number of carboxylic acids is 1. The molecule has 1 heterocycles. The molecule has 2 N–H and O–H groups in total. The largest absolute Gasteiger partial charge is 0.480 e. The molecule has 150 valence electrons. The summed E-state index contributed by atoms with van der Waals surface area (Å²) in [6.45, 7) is 10.0. The van der Waals surface area contributed by atoms with Gasteiger partial charge >= 0.3 is 5.97 Å². The summed E-state index contributed by atoms with van der Waals surface area (Å²) in [5.41, 5.74) is -0.533. The fourth-order valence-corrected chi connectivity index (χ4v) is 3.53. The quantitative estimate of drug-likeness (QED) is 0.742. The van der Waals surface area contributed by atoms with E-state index in [1.165, 1.54) is 11.9 Å². The Morgan fingerprint density at radius 2 is 1.77 bits per heavy atom. The lowest BCUT2D eigenvalue weighted by atomic mass is 9.84. The van der Waals surface area contributed by atoms with Crippen molar-refractivity contribution in [3.63, 3.8) is 0 Å². The van der Waals surface area contributed by atoms with Crippen LogP contribution in [-0.2, 0) is 14.4 Å². The van der Waals surface area contributed by atoms with Crippen molar-refractivity contribution >= 4 is 17.8 Å². The third-order valence-electron chi connectivity index (χ3n) is 5.12. The normalized spacial score (nSPS) is 21.2. The average molecular weight is 370 g/mol. The molecule has 0 bridgehead atoms. The molecule has 1 rings (SSSR count). The maximum absolute atomic E-state index is 13.1. The van der Waals surface area contributed by atoms with Gasteiger partial charge < -0.3 is 15.3 Å². The lowest BCUT2D eigenvalue weighted by molar-refractivity contribution is -0.153. The molecule has 26 heavy (non-hydrogen) atoms. The van der Waals surface area contributed by atoms with Gasteiger partial charge in [0.05, 0.1) is 6.04 Å². The summed E-state index contributed by atoms with van der Waals surface area (Å²) in [6, 6.07) is -1.95. The predicted octanol–water partition coefficient (Wildman–Crippen LogP) is 1.57. The first-order chi connectivity index (χ1) is 11.9. The van der Waals surface area contributed by atoms with Crippen molar-refractivity contribution in [1.29, 1.82) is 0 Å². The van der Waals surface area contributed by atoms with E-state index in [2.05, 4.69) is 5.32 Å². The standard InChI is InChI=1S/C19H35N3O4/c1-12(2)14(18(25)26)22(7)17(24)15(19(3,4)5)20-16(23)13-10-8-9-11-21(13)6/h12-15H,8-11H2,1-7H3,(H,20,23)(H,25,26)/t13-,14+,15?/m1/s1. The Hall–Kier alpha value is -1.63. The average Bonchev–Trinajstić information content (AvgIpc) is 2.50. The summed E-state index contributed by atoms with van der Waals surface area (Å²) in [6.07, 6.45) is 2.83. The Bertz CT molecular complexity index is 527. The molecule has 0 saturated carbocycles. The lowest BCUT2D eigenvalue weighted by Gasteiger charge is -2.38. The molecule has 1 aliphatic heterocycles. The van der Waals surface area contributed by atoms with E-state index in [0.717, 1.165) is 25.8 Å². The summed E-state index contributed by atoms with van der Waals surface area (Å²) in [7, 11) is 3.42. The first-order valence-corrected chi connectivity index (χ1v) is 9.38. The second kappa shape index (κ2) is 8.84. The van der Waals surface area contributed by atoms with Crippen LogP contribution in [-0.4, -0.2) is 71.5 Å². The number of carboxylic acid groups (broad SMARTS) is 1. The van der Waals surface area contributed by atoms with Crippen LogP contribution in [0.2, 0.25) is 0 Å². The molecule has 0 aromatic heterocycles. The number of hydrogen-bond donors (Lipinski definition) is 2. The van der Waals surface area contributed by atoms with Crippen LogP contribution in [0.3, 0.4) is 0 Å². The molecule has 3 atom stereocenters. The number of hydrogen-bond acceptors (Lipinski definition) is 4. The maximum atomic E-state index is 13.1. The van der Waals surface area contributed by atoms with Gasteiger partial charge in [-0.1, -0.05) is 41.0 Å². The Morgan fingerprint density at radius 1 is 1.19 bits per heavy atom. The van der Waals surface area contributed by atoms with Crippen molar-refractivity contribution in [2.75, 3.05) is 20.6 Å². The second-order valence-electron chi connectivity index (χ2n) is 8.78. The molecular formula is C19H35N3O4. The van der Waals surface area contributed by atoms with Crippen molar-refractivity contribution < 1.29 is 19.5 Å². The Labute approximate surface area is 157 Å². The number of nitrogens with zero attached hydrogens (tertiary/aromatic N) is 2. The van der Waals surface area contributed by atoms with Crippen LogP contribution in [0.5, 0.6) is 0 Å². The van der Waals surface area contributed by atoms with Crippen LogP contribution in [0, 0.1) is 11.3 Å². The molecular weight excluding hydrogens is 334 g/mol. The van der Waals surface area contributed by atoms with Gasteiger partial charge in [-0.05, 0) is 37.8 Å². The molecule has 2 amide bonds. The third kappa shape index (κ3) is 5.43. The van der Waals surface area contributed by atoms with Crippen LogP contribution in [0.25, 0.3) is 0 Å². The minimum atomic E-state index is -1.04. The predicted molar refractivity (Wildman–Crippen MR) is 101 cm³/mol. The summed E-state index contributed by atoms with van der Waals surface area (Å²) in [5.74, 6) is -1.81. The number of carbonyl (C=O) groups excluding carboxylic acids is 2. The van der Waals surface area contributed by atoms with Crippen LogP contribution in [0.15, 0.2) is 0 Å². The molecule has 0 aromatic carbocycles. The smallest absolute Gasteiger partial charge is 0.326 e. The highest BCUT2D eigenvalue weighted by Gasteiger charge is 2.40. The van der Waals surface area contributed by atoms with Crippen molar-refractivity contribution in [3.05, 3.63) is 0 Å². The summed E-state index contributed by atoms with van der Waals surface area (Å²) in [4.78, 5) is 40.7. The number of aliphatic carboxylic acids is 1. The van der Waals surface area contributed by atoms with Crippen LogP contribution < -0.4 is 5.32 Å². The van der Waals surface area contributed by atoms with Gasteiger partial charge in [0.15, 0.2) is 0 Å². The molecule has 0 radical (unpaired) electrons. The van der Waals surface area contributed by atoms with Gasteiger partial charge in [-0.15, -0.1) is 0 Å². The number of rotatable bonds is 6. The van der Waals surface area contributed by atoms with E-state index in [0.29, 0.717) is 0 Å². The zero-order valence-corrected chi connectivity index (χ0v) is 17.2. The van der Waals surface area contributed by atoms with E-state index < -0.39 is 23.5 Å². The fourth-order valence-electron chi connectivity index (χ4n) is 3.53. The number of carbonyl (C=O) groups is 3. The minimum Gasteiger partial charge on any atom is -0.480 e. The number of piperidine rings is 1. The number of amides is 2. The van der Waals surface area contributed by atoms with Gasteiger partial charge in [0.1, 0.15) is 12.1 Å². The second-order valence-corrected chi connectivity index (χ2v) is 8.78. The third-order valence-corrected chi connectivity index (χ3v) is 5.12.